The van der Waals surface area contributed by atoms with Crippen LogP contribution in [0.3, 0.4) is 0 Å². The first kappa shape index (κ1) is 30.2. The molecule has 0 aliphatic heterocycles. The van der Waals surface area contributed by atoms with E-state index >= 15 is 0 Å². The molecule has 7 atom stereocenters. The number of allylic oxidation sites excluding steroid dienone is 4. The predicted octanol–water partition coefficient (Wildman–Crippen LogP) is 2.95. The summed E-state index contributed by atoms with van der Waals surface area (Å²) in [4.78, 5) is 49.9. The van der Waals surface area contributed by atoms with E-state index in [2.05, 4.69) is 12.2 Å². The Morgan fingerprint density at radius 3 is 2.57 bits per heavy atom. The molecule has 3 saturated carbocycles. The molecule has 0 heterocycles. The highest BCUT2D eigenvalue weighted by molar-refractivity contribution is 6.01. The van der Waals surface area contributed by atoms with Crippen molar-refractivity contribution in [2.75, 3.05) is 13.2 Å². The Morgan fingerprint density at radius 2 is 1.83 bits per heavy atom. The number of hydrogen-bond donors (Lipinski definition) is 4. The zero-order chi connectivity index (χ0) is 30.3. The summed E-state index contributed by atoms with van der Waals surface area (Å²) >= 11 is 0. The van der Waals surface area contributed by atoms with Gasteiger partial charge in [0.05, 0.1) is 12.5 Å². The van der Waals surface area contributed by atoms with Crippen LogP contribution in [0.15, 0.2) is 48.1 Å². The van der Waals surface area contributed by atoms with Crippen LogP contribution in [0.25, 0.3) is 0 Å². The lowest BCUT2D eigenvalue weighted by Crippen LogP contribution is -2.61. The average molecular weight is 580 g/mol. The molecular weight excluding hydrogens is 538 g/mol. The summed E-state index contributed by atoms with van der Waals surface area (Å²) in [7, 11) is 0. The lowest BCUT2D eigenvalue weighted by Gasteiger charge is -2.59. The van der Waals surface area contributed by atoms with Gasteiger partial charge in [-0.25, -0.2) is 0 Å². The van der Waals surface area contributed by atoms with Gasteiger partial charge < -0.3 is 25.4 Å². The summed E-state index contributed by atoms with van der Waals surface area (Å²) in [6.45, 7) is 3.75. The molecule has 4 aliphatic rings. The highest BCUT2D eigenvalue weighted by Crippen LogP contribution is 2.67. The molecule has 4 unspecified atom stereocenters. The summed E-state index contributed by atoms with van der Waals surface area (Å²) in [6, 6.07) is 6.68. The lowest BCUT2D eigenvalue weighted by atomic mass is 9.46. The van der Waals surface area contributed by atoms with E-state index in [1.54, 1.807) is 36.4 Å². The predicted molar refractivity (Wildman–Crippen MR) is 153 cm³/mol. The number of rotatable bonds is 9. The normalized spacial score (nSPS) is 35.0. The van der Waals surface area contributed by atoms with E-state index in [1.807, 2.05) is 13.0 Å². The van der Waals surface area contributed by atoms with E-state index in [-0.39, 0.29) is 60.9 Å². The van der Waals surface area contributed by atoms with E-state index in [1.165, 1.54) is 0 Å². The third-order valence-electron chi connectivity index (χ3n) is 10.7. The second-order valence-corrected chi connectivity index (χ2v) is 13.0. The van der Waals surface area contributed by atoms with Gasteiger partial charge in [0.1, 0.15) is 11.4 Å². The van der Waals surface area contributed by atoms with Gasteiger partial charge in [0.2, 0.25) is 11.7 Å². The third kappa shape index (κ3) is 5.33. The molecule has 5 rings (SSSR count). The van der Waals surface area contributed by atoms with Crippen molar-refractivity contribution in [1.82, 2.24) is 5.32 Å². The molecule has 9 heteroatoms. The van der Waals surface area contributed by atoms with Crippen molar-refractivity contribution in [2.45, 2.75) is 76.9 Å². The Labute approximate surface area is 246 Å². The molecule has 4 aliphatic carbocycles. The minimum atomic E-state index is -1.73. The van der Waals surface area contributed by atoms with Crippen molar-refractivity contribution in [3.63, 3.8) is 0 Å². The van der Waals surface area contributed by atoms with Gasteiger partial charge in [-0.15, -0.1) is 0 Å². The van der Waals surface area contributed by atoms with Crippen LogP contribution in [0.4, 0.5) is 0 Å². The summed E-state index contributed by atoms with van der Waals surface area (Å²) in [5, 5.41) is 35.3. The molecule has 1 aromatic carbocycles. The number of aliphatic hydroxyl groups excluding tert-OH is 1. The van der Waals surface area contributed by atoms with Crippen LogP contribution in [-0.2, 0) is 30.3 Å². The topological polar surface area (TPSA) is 150 Å². The fourth-order valence-electron chi connectivity index (χ4n) is 8.44. The Hall–Kier alpha value is -3.30. The van der Waals surface area contributed by atoms with Gasteiger partial charge in [-0.3, -0.25) is 19.2 Å². The number of amides is 1. The minimum Gasteiger partial charge on any atom is -0.508 e. The molecule has 1 aromatic rings. The first-order valence-electron chi connectivity index (χ1n) is 15.0. The maximum absolute atomic E-state index is 13.4. The van der Waals surface area contributed by atoms with Gasteiger partial charge in [-0.05, 0) is 80.2 Å². The largest absolute Gasteiger partial charge is 0.508 e. The summed E-state index contributed by atoms with van der Waals surface area (Å²) in [6.07, 6.45) is 7.35. The maximum atomic E-state index is 13.4. The Bertz CT molecular complexity index is 1320. The number of aliphatic hydroxyl groups is 2. The molecule has 42 heavy (non-hydrogen) atoms. The molecule has 1 amide bonds. The van der Waals surface area contributed by atoms with Gasteiger partial charge in [0, 0.05) is 29.7 Å². The Kier molecular flexibility index (Phi) is 8.20. The number of aromatic hydroxyl groups is 1. The fourth-order valence-corrected chi connectivity index (χ4v) is 8.44. The van der Waals surface area contributed by atoms with Crippen molar-refractivity contribution >= 4 is 23.4 Å². The summed E-state index contributed by atoms with van der Waals surface area (Å²) < 4.78 is 5.21. The fraction of sp³-hybridized carbons (Fsp3) is 0.576. The molecule has 4 N–H and O–H groups in total. The number of phenols is 1. The number of ketones is 2. The highest BCUT2D eigenvalue weighted by Gasteiger charge is 2.68. The standard InChI is InChI=1S/C33H41NO8/c1-31-14-11-23(36)17-21(31)5-8-24-25-12-15-33(41,32(25,2)18-26(37)30(24)31)27(38)19-42-29(40)10-9-28(39)34-16-13-20-3-6-22(35)7-4-20/h3-4,6-7,11,14,17,24-26,30,35,37,41H,5,8-10,12-13,15-16,18-19H2,1-2H3,(H,34,39)/t24?,25?,26?,30?,31-,32-,33+/m0/s1. The number of ether oxygens (including phenoxy) is 1. The van der Waals surface area contributed by atoms with Crippen LogP contribution >= 0.6 is 0 Å². The van der Waals surface area contributed by atoms with Crippen molar-refractivity contribution < 1.29 is 39.2 Å². The number of fused-ring (bicyclic) bond motifs is 5. The molecule has 0 spiro atoms. The number of hydrogen-bond acceptors (Lipinski definition) is 8. The quantitative estimate of drug-likeness (QED) is 0.326. The highest BCUT2D eigenvalue weighted by atomic mass is 16.5. The number of phenolic OH excluding ortho intramolecular Hbond substituents is 1. The molecule has 0 saturated heterocycles. The van der Waals surface area contributed by atoms with Gasteiger partial charge in [-0.2, -0.15) is 0 Å². The van der Waals surface area contributed by atoms with E-state index in [0.717, 1.165) is 24.0 Å². The first-order valence-corrected chi connectivity index (χ1v) is 15.0. The molecular formula is C33H41NO8. The molecule has 0 bridgehead atoms. The number of esters is 1. The summed E-state index contributed by atoms with van der Waals surface area (Å²) in [5.74, 6) is -1.46. The average Bonchev–Trinajstić information content (AvgIpc) is 3.22. The number of Topliss-reactive ketones (excluding diaryl/α,β-unsaturated/α-hetero) is 1. The summed E-state index contributed by atoms with van der Waals surface area (Å²) in [5.41, 5.74) is -1.05. The van der Waals surface area contributed by atoms with Crippen LogP contribution < -0.4 is 5.32 Å². The number of carbonyl (C=O) groups is 4. The minimum absolute atomic E-state index is 0.00484. The number of carbonyl (C=O) groups excluding carboxylic acids is 4. The van der Waals surface area contributed by atoms with Crippen molar-refractivity contribution in [2.24, 2.45) is 28.6 Å². The maximum Gasteiger partial charge on any atom is 0.306 e. The van der Waals surface area contributed by atoms with Crippen molar-refractivity contribution in [1.29, 1.82) is 0 Å². The SMILES string of the molecule is C[C@]12C=CC(=O)C=C1CCC1C2C(O)C[C@@]2(C)C1CC[C@@]2(O)C(=O)COC(=O)CCC(=O)NCCc1ccc(O)cc1. The molecule has 3 fully saturated rings. The molecule has 9 nitrogen and oxygen atoms in total. The van der Waals surface area contributed by atoms with Gasteiger partial charge in [0.15, 0.2) is 12.4 Å². The first-order chi connectivity index (χ1) is 19.9. The van der Waals surface area contributed by atoms with E-state index < -0.39 is 40.9 Å². The van der Waals surface area contributed by atoms with E-state index in [9.17, 15) is 34.5 Å². The zero-order valence-electron chi connectivity index (χ0n) is 24.3. The van der Waals surface area contributed by atoms with Gasteiger partial charge >= 0.3 is 5.97 Å². The second kappa shape index (κ2) is 11.4. The van der Waals surface area contributed by atoms with Crippen LogP contribution in [0.2, 0.25) is 0 Å². The van der Waals surface area contributed by atoms with E-state index in [0.29, 0.717) is 19.4 Å². The van der Waals surface area contributed by atoms with Gasteiger partial charge in [0.25, 0.3) is 0 Å². The zero-order valence-corrected chi connectivity index (χ0v) is 24.3. The number of nitrogens with one attached hydrogen (secondary N) is 1. The van der Waals surface area contributed by atoms with E-state index in [4.69, 9.17) is 4.74 Å². The van der Waals surface area contributed by atoms with Crippen molar-refractivity contribution in [3.8, 4) is 5.75 Å². The Morgan fingerprint density at radius 1 is 1.10 bits per heavy atom. The van der Waals surface area contributed by atoms with Crippen LogP contribution in [0.1, 0.15) is 64.4 Å². The Balaban J connectivity index is 1.14. The lowest BCUT2D eigenvalue weighted by molar-refractivity contribution is -0.181. The van der Waals surface area contributed by atoms with Crippen LogP contribution in [0, 0.1) is 28.6 Å². The van der Waals surface area contributed by atoms with Crippen molar-refractivity contribution in [3.05, 3.63) is 53.6 Å². The molecule has 0 radical (unpaired) electrons. The third-order valence-corrected chi connectivity index (χ3v) is 10.7. The smallest absolute Gasteiger partial charge is 0.306 e. The molecule has 226 valence electrons. The van der Waals surface area contributed by atoms with Crippen LogP contribution in [0.5, 0.6) is 5.75 Å². The van der Waals surface area contributed by atoms with Crippen LogP contribution in [-0.4, -0.2) is 63.6 Å². The molecule has 0 aromatic heterocycles. The monoisotopic (exact) mass is 579 g/mol. The van der Waals surface area contributed by atoms with Gasteiger partial charge in [-0.1, -0.05) is 37.6 Å². The number of benzene rings is 1. The second-order valence-electron chi connectivity index (χ2n) is 13.0.